The summed E-state index contributed by atoms with van der Waals surface area (Å²) in [6.45, 7) is 6.88. The van der Waals surface area contributed by atoms with E-state index in [1.54, 1.807) is 36.0 Å². The molecule has 0 fully saturated rings. The van der Waals surface area contributed by atoms with E-state index < -0.39 is 18.5 Å². The Bertz CT molecular complexity index is 1090. The first-order valence-electron chi connectivity index (χ1n) is 9.03. The third-order valence-corrected chi connectivity index (χ3v) is 4.50. The average molecular weight is 391 g/mol. The Morgan fingerprint density at radius 2 is 1.76 bits per heavy atom. The number of nitriles is 1. The smallest absolute Gasteiger partial charge is 0.343 e. The van der Waals surface area contributed by atoms with Crippen LogP contribution in [-0.4, -0.2) is 23.1 Å². The van der Waals surface area contributed by atoms with Gasteiger partial charge < -0.3 is 14.5 Å². The number of aryl methyl sites for hydroxylation is 4. The van der Waals surface area contributed by atoms with E-state index in [0.29, 0.717) is 5.69 Å². The van der Waals surface area contributed by atoms with Crippen LogP contribution in [0, 0.1) is 39.0 Å². The number of aromatic nitrogens is 1. The largest absolute Gasteiger partial charge is 0.452 e. The van der Waals surface area contributed by atoms with E-state index in [-0.39, 0.29) is 22.8 Å². The first kappa shape index (κ1) is 20.0. The monoisotopic (exact) mass is 391 g/mol. The van der Waals surface area contributed by atoms with E-state index in [2.05, 4.69) is 5.32 Å². The van der Waals surface area contributed by atoms with Crippen molar-refractivity contribution >= 4 is 17.6 Å². The van der Waals surface area contributed by atoms with Crippen LogP contribution in [0.3, 0.4) is 0 Å². The van der Waals surface area contributed by atoms with Crippen molar-refractivity contribution in [1.29, 1.82) is 5.26 Å². The summed E-state index contributed by atoms with van der Waals surface area (Å²) in [5.74, 6) is -0.759. The molecule has 0 radical (unpaired) electrons. The lowest BCUT2D eigenvalue weighted by Crippen LogP contribution is -2.22. The Morgan fingerprint density at radius 3 is 2.34 bits per heavy atom. The standard InChI is InChI=1S/C22H21N3O4/c1-13-9-14(2)20(15(3)10-13)24-18(26)12-28-22(27)19-16(4)29-21(17(19)11-23)25-7-5-6-8-25/h5-10H,12H2,1-4H3,(H,24,26). The summed E-state index contributed by atoms with van der Waals surface area (Å²) in [7, 11) is 0. The highest BCUT2D eigenvalue weighted by Gasteiger charge is 2.26. The quantitative estimate of drug-likeness (QED) is 0.664. The summed E-state index contributed by atoms with van der Waals surface area (Å²) >= 11 is 0. The van der Waals surface area contributed by atoms with E-state index in [4.69, 9.17) is 9.15 Å². The Balaban J connectivity index is 1.73. The Hall–Kier alpha value is -3.79. The van der Waals surface area contributed by atoms with Crippen molar-refractivity contribution < 1.29 is 18.7 Å². The SMILES string of the molecule is Cc1cc(C)c(NC(=O)COC(=O)c2c(C)oc(-n3cccc3)c2C#N)c(C)c1. The number of amides is 1. The fourth-order valence-corrected chi connectivity index (χ4v) is 3.29. The lowest BCUT2D eigenvalue weighted by molar-refractivity contribution is -0.119. The summed E-state index contributed by atoms with van der Waals surface area (Å²) in [6, 6.07) is 9.46. The zero-order valence-electron chi connectivity index (χ0n) is 16.7. The number of benzene rings is 1. The van der Waals surface area contributed by atoms with Crippen LogP contribution >= 0.6 is 0 Å². The molecule has 0 aliphatic heterocycles. The summed E-state index contributed by atoms with van der Waals surface area (Å²) in [4.78, 5) is 24.8. The van der Waals surface area contributed by atoms with Gasteiger partial charge >= 0.3 is 5.97 Å². The van der Waals surface area contributed by atoms with Gasteiger partial charge in [-0.2, -0.15) is 5.26 Å². The highest BCUT2D eigenvalue weighted by Crippen LogP contribution is 2.26. The van der Waals surface area contributed by atoms with Crippen molar-refractivity contribution in [2.45, 2.75) is 27.7 Å². The molecule has 1 amide bonds. The first-order chi connectivity index (χ1) is 13.8. The lowest BCUT2D eigenvalue weighted by Gasteiger charge is -2.13. The second-order valence-electron chi connectivity index (χ2n) is 6.81. The lowest BCUT2D eigenvalue weighted by atomic mass is 10.1. The van der Waals surface area contributed by atoms with Crippen molar-refractivity contribution in [3.8, 4) is 12.0 Å². The number of esters is 1. The van der Waals surface area contributed by atoms with Crippen molar-refractivity contribution in [1.82, 2.24) is 4.57 Å². The Morgan fingerprint density at radius 1 is 1.14 bits per heavy atom. The molecule has 1 N–H and O–H groups in total. The van der Waals surface area contributed by atoms with Crippen molar-refractivity contribution in [2.75, 3.05) is 11.9 Å². The Labute approximate surface area is 168 Å². The van der Waals surface area contributed by atoms with E-state index in [1.165, 1.54) is 0 Å². The van der Waals surface area contributed by atoms with Crippen molar-refractivity contribution in [2.24, 2.45) is 0 Å². The maximum absolute atomic E-state index is 12.5. The zero-order chi connectivity index (χ0) is 21.1. The normalized spacial score (nSPS) is 10.4. The number of rotatable bonds is 5. The van der Waals surface area contributed by atoms with Gasteiger partial charge in [-0.25, -0.2) is 4.79 Å². The predicted molar refractivity (Wildman–Crippen MR) is 107 cm³/mol. The molecule has 0 spiro atoms. The summed E-state index contributed by atoms with van der Waals surface area (Å²) in [6.07, 6.45) is 3.40. The molecule has 0 unspecified atom stereocenters. The molecule has 7 nitrogen and oxygen atoms in total. The van der Waals surface area contributed by atoms with Gasteiger partial charge in [-0.05, 0) is 51.0 Å². The third kappa shape index (κ3) is 4.06. The van der Waals surface area contributed by atoms with E-state index in [9.17, 15) is 14.9 Å². The molecule has 7 heteroatoms. The molecule has 2 heterocycles. The van der Waals surface area contributed by atoms with Gasteiger partial charge in [0.05, 0.1) is 0 Å². The molecule has 0 aliphatic rings. The molecule has 3 rings (SSSR count). The van der Waals surface area contributed by atoms with Crippen LogP contribution in [0.25, 0.3) is 5.88 Å². The minimum absolute atomic E-state index is 0.0201. The molecule has 3 aromatic rings. The number of hydrogen-bond acceptors (Lipinski definition) is 5. The van der Waals surface area contributed by atoms with Crippen LogP contribution < -0.4 is 5.32 Å². The maximum atomic E-state index is 12.5. The molecule has 0 aliphatic carbocycles. The van der Waals surface area contributed by atoms with Gasteiger partial charge in [0.2, 0.25) is 5.88 Å². The van der Waals surface area contributed by atoms with Crippen LogP contribution in [0.15, 0.2) is 41.1 Å². The van der Waals surface area contributed by atoms with Crippen LogP contribution in [0.4, 0.5) is 5.69 Å². The minimum Gasteiger partial charge on any atom is -0.452 e. The van der Waals surface area contributed by atoms with E-state index in [1.807, 2.05) is 39.0 Å². The highest BCUT2D eigenvalue weighted by molar-refractivity contribution is 5.98. The molecular formula is C22H21N3O4. The number of ether oxygens (including phenoxy) is 1. The van der Waals surface area contributed by atoms with Crippen LogP contribution in [-0.2, 0) is 9.53 Å². The van der Waals surface area contributed by atoms with E-state index in [0.717, 1.165) is 16.7 Å². The second-order valence-corrected chi connectivity index (χ2v) is 6.81. The van der Waals surface area contributed by atoms with Crippen LogP contribution in [0.2, 0.25) is 0 Å². The topological polar surface area (TPSA) is 97.3 Å². The molecule has 0 atom stereocenters. The number of furan rings is 1. The second kappa shape index (κ2) is 8.07. The first-order valence-corrected chi connectivity index (χ1v) is 9.03. The molecule has 0 saturated heterocycles. The zero-order valence-corrected chi connectivity index (χ0v) is 16.7. The van der Waals surface area contributed by atoms with Crippen molar-refractivity contribution in [3.05, 3.63) is 70.2 Å². The Kier molecular flexibility index (Phi) is 5.55. The number of carbonyl (C=O) groups is 2. The number of hydrogen-bond donors (Lipinski definition) is 1. The van der Waals surface area contributed by atoms with Gasteiger partial charge in [-0.3, -0.25) is 9.36 Å². The fourth-order valence-electron chi connectivity index (χ4n) is 3.29. The van der Waals surface area contributed by atoms with Crippen LogP contribution in [0.5, 0.6) is 0 Å². The van der Waals surface area contributed by atoms with Gasteiger partial charge in [0.25, 0.3) is 5.91 Å². The molecule has 0 saturated carbocycles. The number of nitrogens with zero attached hydrogens (tertiary/aromatic N) is 2. The molecule has 1 aromatic carbocycles. The minimum atomic E-state index is -0.784. The maximum Gasteiger partial charge on any atom is 0.343 e. The molecular weight excluding hydrogens is 370 g/mol. The molecule has 29 heavy (non-hydrogen) atoms. The van der Waals surface area contributed by atoms with Gasteiger partial charge in [0, 0.05) is 18.1 Å². The summed E-state index contributed by atoms with van der Waals surface area (Å²) < 4.78 is 12.3. The van der Waals surface area contributed by atoms with Crippen LogP contribution in [0.1, 0.15) is 38.4 Å². The summed E-state index contributed by atoms with van der Waals surface area (Å²) in [5.41, 5.74) is 3.74. The highest BCUT2D eigenvalue weighted by atomic mass is 16.5. The molecule has 0 bridgehead atoms. The van der Waals surface area contributed by atoms with E-state index >= 15 is 0 Å². The number of carbonyl (C=O) groups excluding carboxylic acids is 2. The molecule has 2 aromatic heterocycles. The number of anilines is 1. The fraction of sp³-hybridized carbons (Fsp3) is 0.227. The van der Waals surface area contributed by atoms with Crippen molar-refractivity contribution in [3.63, 3.8) is 0 Å². The third-order valence-electron chi connectivity index (χ3n) is 4.50. The molecule has 148 valence electrons. The van der Waals surface area contributed by atoms with Gasteiger partial charge in [0.1, 0.15) is 23.0 Å². The number of nitrogens with one attached hydrogen (secondary N) is 1. The predicted octanol–water partition coefficient (Wildman–Crippen LogP) is 3.97. The van der Waals surface area contributed by atoms with Gasteiger partial charge in [-0.1, -0.05) is 17.7 Å². The average Bonchev–Trinajstić information content (AvgIpc) is 3.29. The van der Waals surface area contributed by atoms with Gasteiger partial charge in [-0.15, -0.1) is 0 Å². The van der Waals surface area contributed by atoms with Gasteiger partial charge in [0.15, 0.2) is 6.61 Å². The summed E-state index contributed by atoms with van der Waals surface area (Å²) in [5, 5.41) is 12.3.